The van der Waals surface area contributed by atoms with Gasteiger partial charge in [0.15, 0.2) is 6.61 Å². The number of carbonyl (C=O) groups excluding carboxylic acids is 2. The molecule has 9 heteroatoms. The van der Waals surface area contributed by atoms with E-state index in [0.29, 0.717) is 13.1 Å². The van der Waals surface area contributed by atoms with Gasteiger partial charge in [-0.25, -0.2) is 8.42 Å². The van der Waals surface area contributed by atoms with Crippen molar-refractivity contribution in [2.45, 2.75) is 30.6 Å². The van der Waals surface area contributed by atoms with Gasteiger partial charge in [0, 0.05) is 13.1 Å². The quantitative estimate of drug-likeness (QED) is 0.755. The number of hydrogen-bond donors (Lipinski definition) is 1. The van der Waals surface area contributed by atoms with Gasteiger partial charge in [0.2, 0.25) is 10.0 Å². The van der Waals surface area contributed by atoms with E-state index < -0.39 is 22.5 Å². The summed E-state index contributed by atoms with van der Waals surface area (Å²) in [6, 6.07) is 4.17. The molecule has 1 heterocycles. The SMILES string of the molecule is O=C(COC(=O)C1CC1)Nc1cc(S(=O)(=O)N2CCCC2)ccc1Cl. The predicted molar refractivity (Wildman–Crippen MR) is 91.8 cm³/mol. The van der Waals surface area contributed by atoms with Crippen molar-refractivity contribution in [3.05, 3.63) is 23.2 Å². The largest absolute Gasteiger partial charge is 0.455 e. The number of carbonyl (C=O) groups is 2. The van der Waals surface area contributed by atoms with Gasteiger partial charge in [-0.1, -0.05) is 11.6 Å². The van der Waals surface area contributed by atoms with Crippen LogP contribution in [0.15, 0.2) is 23.1 Å². The first kappa shape index (κ1) is 18.2. The zero-order valence-corrected chi connectivity index (χ0v) is 15.1. The lowest BCUT2D eigenvalue weighted by Crippen LogP contribution is -2.28. The summed E-state index contributed by atoms with van der Waals surface area (Å²) >= 11 is 6.04. The molecule has 0 aromatic heterocycles. The van der Waals surface area contributed by atoms with Crippen LogP contribution in [-0.2, 0) is 24.3 Å². The maximum absolute atomic E-state index is 12.6. The standard InChI is InChI=1S/C16H19ClN2O5S/c17-13-6-5-12(25(22,23)19-7-1-2-8-19)9-14(13)18-15(20)10-24-16(21)11-3-4-11/h5-6,9,11H,1-4,7-8,10H2,(H,18,20). The van der Waals surface area contributed by atoms with E-state index in [2.05, 4.69) is 5.32 Å². The van der Waals surface area contributed by atoms with Gasteiger partial charge in [0.25, 0.3) is 5.91 Å². The normalized spacial score (nSPS) is 18.1. The molecular weight excluding hydrogens is 368 g/mol. The summed E-state index contributed by atoms with van der Waals surface area (Å²) in [5, 5.41) is 2.71. The highest BCUT2D eigenvalue weighted by Gasteiger charge is 2.31. The maximum Gasteiger partial charge on any atom is 0.309 e. The van der Waals surface area contributed by atoms with E-state index in [0.717, 1.165) is 25.7 Å². The fraction of sp³-hybridized carbons (Fsp3) is 0.500. The minimum atomic E-state index is -3.60. The Labute approximate surface area is 151 Å². The number of amides is 1. The molecule has 2 fully saturated rings. The second-order valence-electron chi connectivity index (χ2n) is 6.18. The van der Waals surface area contributed by atoms with E-state index in [1.54, 1.807) is 0 Å². The number of esters is 1. The molecule has 1 N–H and O–H groups in total. The van der Waals surface area contributed by atoms with Crippen LogP contribution in [0.5, 0.6) is 0 Å². The summed E-state index contributed by atoms with van der Waals surface area (Å²) in [5.74, 6) is -1.04. The van der Waals surface area contributed by atoms with Gasteiger partial charge in [0.1, 0.15) is 0 Å². The van der Waals surface area contributed by atoms with Crippen molar-refractivity contribution >= 4 is 39.2 Å². The summed E-state index contributed by atoms with van der Waals surface area (Å²) < 4.78 is 31.5. The van der Waals surface area contributed by atoms with Crippen LogP contribution < -0.4 is 5.32 Å². The van der Waals surface area contributed by atoms with Crippen molar-refractivity contribution in [2.75, 3.05) is 25.0 Å². The van der Waals surface area contributed by atoms with Crippen LogP contribution in [0.2, 0.25) is 5.02 Å². The Morgan fingerprint density at radius 1 is 1.24 bits per heavy atom. The van der Waals surface area contributed by atoms with Gasteiger partial charge >= 0.3 is 5.97 Å². The molecule has 3 rings (SSSR count). The van der Waals surface area contributed by atoms with Gasteiger partial charge in [-0.2, -0.15) is 4.31 Å². The van der Waals surface area contributed by atoms with Gasteiger partial charge < -0.3 is 10.1 Å². The highest BCUT2D eigenvalue weighted by Crippen LogP contribution is 2.30. The molecule has 0 radical (unpaired) electrons. The third-order valence-electron chi connectivity index (χ3n) is 4.17. The lowest BCUT2D eigenvalue weighted by Gasteiger charge is -2.16. The Morgan fingerprint density at radius 3 is 2.56 bits per heavy atom. The minimum Gasteiger partial charge on any atom is -0.455 e. The zero-order chi connectivity index (χ0) is 18.0. The van der Waals surface area contributed by atoms with E-state index in [1.807, 2.05) is 0 Å². The second-order valence-corrected chi connectivity index (χ2v) is 8.53. The number of nitrogens with zero attached hydrogens (tertiary/aromatic N) is 1. The van der Waals surface area contributed by atoms with Crippen molar-refractivity contribution in [1.82, 2.24) is 4.31 Å². The lowest BCUT2D eigenvalue weighted by atomic mass is 10.3. The van der Waals surface area contributed by atoms with Gasteiger partial charge in [0.05, 0.1) is 21.5 Å². The topological polar surface area (TPSA) is 92.8 Å². The molecule has 0 atom stereocenters. The fourth-order valence-corrected chi connectivity index (χ4v) is 4.31. The summed E-state index contributed by atoms with van der Waals surface area (Å²) in [5.41, 5.74) is 0.175. The summed E-state index contributed by atoms with van der Waals surface area (Å²) in [7, 11) is -3.60. The van der Waals surface area contributed by atoms with E-state index in [4.69, 9.17) is 16.3 Å². The molecule has 1 saturated heterocycles. The van der Waals surface area contributed by atoms with E-state index in [1.165, 1.54) is 22.5 Å². The molecule has 136 valence electrons. The average Bonchev–Trinajstić information content (AvgIpc) is 3.28. The molecule has 1 amide bonds. The fourth-order valence-electron chi connectivity index (χ4n) is 2.60. The lowest BCUT2D eigenvalue weighted by molar-refractivity contribution is -0.148. The Morgan fingerprint density at radius 2 is 1.92 bits per heavy atom. The van der Waals surface area contributed by atoms with Gasteiger partial charge in [-0.15, -0.1) is 0 Å². The maximum atomic E-state index is 12.6. The number of anilines is 1. The van der Waals surface area contributed by atoms with E-state index in [-0.39, 0.29) is 27.5 Å². The van der Waals surface area contributed by atoms with Crippen LogP contribution in [0.1, 0.15) is 25.7 Å². The van der Waals surface area contributed by atoms with Crippen LogP contribution >= 0.6 is 11.6 Å². The van der Waals surface area contributed by atoms with Crippen molar-refractivity contribution in [2.24, 2.45) is 5.92 Å². The van der Waals surface area contributed by atoms with Crippen molar-refractivity contribution < 1.29 is 22.7 Å². The van der Waals surface area contributed by atoms with E-state index >= 15 is 0 Å². The number of rotatable bonds is 6. The highest BCUT2D eigenvalue weighted by atomic mass is 35.5. The average molecular weight is 387 g/mol. The monoisotopic (exact) mass is 386 g/mol. The molecule has 1 aliphatic carbocycles. The number of halogens is 1. The van der Waals surface area contributed by atoms with Crippen molar-refractivity contribution in [3.8, 4) is 0 Å². The smallest absolute Gasteiger partial charge is 0.309 e. The summed E-state index contributed by atoms with van der Waals surface area (Å²) in [6.07, 6.45) is 3.26. The Hall–Kier alpha value is -1.64. The number of hydrogen-bond acceptors (Lipinski definition) is 5. The first-order valence-electron chi connectivity index (χ1n) is 8.14. The van der Waals surface area contributed by atoms with Gasteiger partial charge in [-0.05, 0) is 43.9 Å². The minimum absolute atomic E-state index is 0.0732. The Kier molecular flexibility index (Phi) is 5.31. The molecule has 2 aliphatic rings. The van der Waals surface area contributed by atoms with Crippen LogP contribution in [-0.4, -0.2) is 44.3 Å². The third kappa shape index (κ3) is 4.31. The second kappa shape index (κ2) is 7.31. The van der Waals surface area contributed by atoms with Crippen LogP contribution in [0.25, 0.3) is 0 Å². The first-order chi connectivity index (χ1) is 11.9. The number of benzene rings is 1. The van der Waals surface area contributed by atoms with Crippen molar-refractivity contribution in [1.29, 1.82) is 0 Å². The van der Waals surface area contributed by atoms with Crippen LogP contribution in [0.4, 0.5) is 5.69 Å². The van der Waals surface area contributed by atoms with Crippen LogP contribution in [0, 0.1) is 5.92 Å². The zero-order valence-electron chi connectivity index (χ0n) is 13.5. The molecule has 1 aliphatic heterocycles. The van der Waals surface area contributed by atoms with Crippen molar-refractivity contribution in [3.63, 3.8) is 0 Å². The molecule has 0 spiro atoms. The number of ether oxygens (including phenoxy) is 1. The van der Waals surface area contributed by atoms with Crippen LogP contribution in [0.3, 0.4) is 0 Å². The molecule has 1 aromatic rings. The summed E-state index contributed by atoms with van der Waals surface area (Å²) in [4.78, 5) is 23.4. The number of sulfonamides is 1. The van der Waals surface area contributed by atoms with Gasteiger partial charge in [-0.3, -0.25) is 9.59 Å². The first-order valence-corrected chi connectivity index (χ1v) is 9.96. The third-order valence-corrected chi connectivity index (χ3v) is 6.40. The molecule has 0 bridgehead atoms. The molecule has 1 aromatic carbocycles. The molecule has 7 nitrogen and oxygen atoms in total. The molecule has 25 heavy (non-hydrogen) atoms. The van der Waals surface area contributed by atoms with E-state index in [9.17, 15) is 18.0 Å². The Bertz CT molecular complexity index is 786. The molecular formula is C16H19ClN2O5S. The predicted octanol–water partition coefficient (Wildman–Crippen LogP) is 2.02. The Balaban J connectivity index is 1.68. The number of nitrogens with one attached hydrogen (secondary N) is 1. The summed E-state index contributed by atoms with van der Waals surface area (Å²) in [6.45, 7) is 0.558. The molecule has 1 saturated carbocycles. The molecule has 0 unspecified atom stereocenters. The highest BCUT2D eigenvalue weighted by molar-refractivity contribution is 7.89.